The van der Waals surface area contributed by atoms with Crippen LogP contribution in [0.3, 0.4) is 0 Å². The molecule has 0 radical (unpaired) electrons. The van der Waals surface area contributed by atoms with Crippen LogP contribution >= 0.6 is 0 Å². The molecule has 1 saturated heterocycles. The third-order valence-electron chi connectivity index (χ3n) is 1.62. The van der Waals surface area contributed by atoms with Gasteiger partial charge in [-0.2, -0.15) is 8.42 Å². The van der Waals surface area contributed by atoms with E-state index < -0.39 is 14.9 Å². The fraction of sp³-hybridized carbons (Fsp3) is 1.00. The lowest BCUT2D eigenvalue weighted by Gasteiger charge is -2.11. The molecule has 0 aliphatic carbocycles. The summed E-state index contributed by atoms with van der Waals surface area (Å²) >= 11 is 0. The summed E-state index contributed by atoms with van der Waals surface area (Å²) < 4.78 is 25.6. The molecule has 4 heteroatoms. The molecule has 1 heterocycles. The number of hydrogen-bond acceptors (Lipinski definition) is 3. The van der Waals surface area contributed by atoms with E-state index in [-0.39, 0.29) is 0 Å². The quantitative estimate of drug-likeness (QED) is 0.473. The number of hydrogen-bond donors (Lipinski definition) is 0. The molecule has 0 atom stereocenters. The second-order valence-electron chi connectivity index (χ2n) is 2.79. The van der Waals surface area contributed by atoms with Gasteiger partial charge in [0.2, 0.25) is 0 Å². The zero-order valence-electron chi connectivity index (χ0n) is 5.55. The fourth-order valence-electron chi connectivity index (χ4n) is 0.682. The summed E-state index contributed by atoms with van der Waals surface area (Å²) in [6, 6.07) is 0. The third-order valence-corrected chi connectivity index (χ3v) is 3.65. The predicted molar refractivity (Wildman–Crippen MR) is 33.6 cm³/mol. The summed E-state index contributed by atoms with van der Waals surface area (Å²) in [5.74, 6) is 0. The van der Waals surface area contributed by atoms with E-state index in [2.05, 4.69) is 4.18 Å². The van der Waals surface area contributed by atoms with Crippen LogP contribution in [-0.4, -0.2) is 19.8 Å². The van der Waals surface area contributed by atoms with Gasteiger partial charge in [-0.05, 0) is 20.3 Å². The highest BCUT2D eigenvalue weighted by molar-refractivity contribution is 7.88. The van der Waals surface area contributed by atoms with Crippen LogP contribution in [0.2, 0.25) is 0 Å². The molecule has 1 fully saturated rings. The maximum atomic E-state index is 10.9. The van der Waals surface area contributed by atoms with Crippen molar-refractivity contribution in [2.45, 2.75) is 25.0 Å². The van der Waals surface area contributed by atoms with Crippen LogP contribution in [-0.2, 0) is 14.3 Å². The molecule has 0 amide bonds. The molecule has 0 bridgehead atoms. The van der Waals surface area contributed by atoms with Crippen molar-refractivity contribution >= 4 is 10.1 Å². The minimum absolute atomic E-state index is 0.343. The van der Waals surface area contributed by atoms with Gasteiger partial charge in [0.1, 0.15) is 0 Å². The Labute approximate surface area is 55.1 Å². The molecule has 1 aliphatic rings. The second kappa shape index (κ2) is 1.70. The molecule has 0 unspecified atom stereocenters. The van der Waals surface area contributed by atoms with Gasteiger partial charge in [0.25, 0.3) is 10.1 Å². The van der Waals surface area contributed by atoms with Crippen molar-refractivity contribution in [1.82, 2.24) is 0 Å². The SMILES string of the molecule is CC1(C)CCOS1(=O)=O. The highest BCUT2D eigenvalue weighted by atomic mass is 32.2. The Hall–Kier alpha value is -0.0900. The van der Waals surface area contributed by atoms with Gasteiger partial charge < -0.3 is 0 Å². The van der Waals surface area contributed by atoms with Crippen LogP contribution < -0.4 is 0 Å². The minimum Gasteiger partial charge on any atom is -0.270 e. The van der Waals surface area contributed by atoms with Crippen LogP contribution in [0.25, 0.3) is 0 Å². The van der Waals surface area contributed by atoms with Gasteiger partial charge in [0.15, 0.2) is 0 Å². The van der Waals surface area contributed by atoms with Crippen molar-refractivity contribution in [2.75, 3.05) is 6.61 Å². The lowest BCUT2D eigenvalue weighted by molar-refractivity contribution is 0.354. The van der Waals surface area contributed by atoms with Gasteiger partial charge in [0.05, 0.1) is 11.4 Å². The first kappa shape index (κ1) is 7.02. The second-order valence-corrected chi connectivity index (χ2v) is 5.03. The molecule has 0 aromatic rings. The van der Waals surface area contributed by atoms with Crippen molar-refractivity contribution in [3.8, 4) is 0 Å². The van der Waals surface area contributed by atoms with Crippen molar-refractivity contribution in [1.29, 1.82) is 0 Å². The van der Waals surface area contributed by atoms with E-state index in [1.807, 2.05) is 0 Å². The topological polar surface area (TPSA) is 43.4 Å². The Kier molecular flexibility index (Phi) is 1.33. The summed E-state index contributed by atoms with van der Waals surface area (Å²) in [6.07, 6.45) is 0.606. The molecular weight excluding hydrogens is 140 g/mol. The lowest BCUT2D eigenvalue weighted by Crippen LogP contribution is -2.25. The van der Waals surface area contributed by atoms with Gasteiger partial charge in [-0.1, -0.05) is 0 Å². The Morgan fingerprint density at radius 1 is 1.44 bits per heavy atom. The summed E-state index contributed by atoms with van der Waals surface area (Å²) in [6.45, 7) is 3.69. The van der Waals surface area contributed by atoms with E-state index >= 15 is 0 Å². The maximum Gasteiger partial charge on any atom is 0.272 e. The average molecular weight is 150 g/mol. The van der Waals surface area contributed by atoms with E-state index in [1.165, 1.54) is 0 Å². The first-order chi connectivity index (χ1) is 3.96. The van der Waals surface area contributed by atoms with Gasteiger partial charge in [0, 0.05) is 0 Å². The molecule has 3 nitrogen and oxygen atoms in total. The van der Waals surface area contributed by atoms with Crippen LogP contribution in [0, 0.1) is 0 Å². The molecule has 0 saturated carbocycles. The van der Waals surface area contributed by atoms with Crippen LogP contribution in [0.15, 0.2) is 0 Å². The van der Waals surface area contributed by atoms with Crippen LogP contribution in [0.1, 0.15) is 20.3 Å². The Morgan fingerprint density at radius 2 is 2.00 bits per heavy atom. The van der Waals surface area contributed by atoms with E-state index in [9.17, 15) is 8.42 Å². The first-order valence-electron chi connectivity index (χ1n) is 2.85. The minimum atomic E-state index is -3.22. The van der Waals surface area contributed by atoms with E-state index in [4.69, 9.17) is 0 Å². The zero-order valence-corrected chi connectivity index (χ0v) is 6.36. The van der Waals surface area contributed by atoms with E-state index in [0.29, 0.717) is 13.0 Å². The Morgan fingerprint density at radius 3 is 2.11 bits per heavy atom. The summed E-state index contributed by atoms with van der Waals surface area (Å²) in [7, 11) is -3.22. The fourth-order valence-corrected chi connectivity index (χ4v) is 1.64. The zero-order chi connectivity index (χ0) is 7.12. The van der Waals surface area contributed by atoms with Crippen molar-refractivity contribution in [3.05, 3.63) is 0 Å². The molecule has 0 spiro atoms. The van der Waals surface area contributed by atoms with Gasteiger partial charge in [-0.3, -0.25) is 4.18 Å². The van der Waals surface area contributed by atoms with Gasteiger partial charge in [-0.15, -0.1) is 0 Å². The van der Waals surface area contributed by atoms with Crippen molar-refractivity contribution < 1.29 is 12.6 Å². The third kappa shape index (κ3) is 0.966. The molecule has 1 rings (SSSR count). The van der Waals surface area contributed by atoms with Crippen LogP contribution in [0.4, 0.5) is 0 Å². The highest BCUT2D eigenvalue weighted by Gasteiger charge is 2.40. The normalized spacial score (nSPS) is 30.4. The first-order valence-corrected chi connectivity index (χ1v) is 4.25. The molecular formula is C5H10O3S. The Balaban J connectivity index is 3.03. The summed E-state index contributed by atoms with van der Waals surface area (Å²) in [5, 5.41) is 0. The smallest absolute Gasteiger partial charge is 0.270 e. The number of rotatable bonds is 0. The lowest BCUT2D eigenvalue weighted by atomic mass is 10.1. The molecule has 9 heavy (non-hydrogen) atoms. The van der Waals surface area contributed by atoms with E-state index in [1.54, 1.807) is 13.8 Å². The van der Waals surface area contributed by atoms with Gasteiger partial charge >= 0.3 is 0 Å². The summed E-state index contributed by atoms with van der Waals surface area (Å²) in [4.78, 5) is 0. The molecule has 0 aromatic heterocycles. The van der Waals surface area contributed by atoms with Gasteiger partial charge in [-0.25, -0.2) is 0 Å². The predicted octanol–water partition coefficient (Wildman–Crippen LogP) is 0.515. The van der Waals surface area contributed by atoms with Crippen LogP contribution in [0.5, 0.6) is 0 Å². The average Bonchev–Trinajstić information content (AvgIpc) is 1.81. The largest absolute Gasteiger partial charge is 0.272 e. The monoisotopic (exact) mass is 150 g/mol. The standard InChI is InChI=1S/C5H10O3S/c1-5(2)3-4-8-9(5,6)7/h3-4H2,1-2H3. The maximum absolute atomic E-state index is 10.9. The van der Waals surface area contributed by atoms with Crippen molar-refractivity contribution in [3.63, 3.8) is 0 Å². The summed E-state index contributed by atoms with van der Waals surface area (Å²) in [5.41, 5.74) is 0. The highest BCUT2D eigenvalue weighted by Crippen LogP contribution is 2.28. The molecule has 54 valence electrons. The van der Waals surface area contributed by atoms with E-state index in [0.717, 1.165) is 0 Å². The molecule has 0 aromatic carbocycles. The van der Waals surface area contributed by atoms with Crippen molar-refractivity contribution in [2.24, 2.45) is 0 Å². The molecule has 1 aliphatic heterocycles. The molecule has 0 N–H and O–H groups in total. The Bertz CT molecular complexity index is 202.